The van der Waals surface area contributed by atoms with Crippen molar-refractivity contribution >= 4 is 0 Å². The molecule has 3 unspecified atom stereocenters. The molecular formula is C14H30N2O. The lowest BCUT2D eigenvalue weighted by atomic mass is 9.81. The van der Waals surface area contributed by atoms with Crippen molar-refractivity contribution in [1.82, 2.24) is 4.90 Å². The van der Waals surface area contributed by atoms with Gasteiger partial charge >= 0.3 is 0 Å². The zero-order valence-corrected chi connectivity index (χ0v) is 11.9. The molecule has 1 saturated heterocycles. The maximum atomic E-state index is 9.65. The minimum atomic E-state index is 0.0307. The van der Waals surface area contributed by atoms with E-state index in [1.807, 2.05) is 0 Å². The predicted octanol–water partition coefficient (Wildman–Crippen LogP) is 1.84. The molecule has 1 aliphatic heterocycles. The summed E-state index contributed by atoms with van der Waals surface area (Å²) in [5.74, 6) is 0.782. The molecule has 3 atom stereocenters. The molecule has 0 amide bonds. The standard InChI is InChI=1S/C14H30N2O/c1-5-11-7-6-8-16(9-11)12(10-17)13(15)14(2,3)4/h11-13,17H,5-10,15H2,1-4H3. The normalized spacial score (nSPS) is 26.8. The molecule has 0 aliphatic carbocycles. The second kappa shape index (κ2) is 6.17. The Hall–Kier alpha value is -0.120. The van der Waals surface area contributed by atoms with Crippen LogP contribution in [0.5, 0.6) is 0 Å². The third kappa shape index (κ3) is 3.94. The van der Waals surface area contributed by atoms with E-state index in [0.29, 0.717) is 0 Å². The summed E-state index contributed by atoms with van der Waals surface area (Å²) >= 11 is 0. The fourth-order valence-electron chi connectivity index (χ4n) is 2.77. The van der Waals surface area contributed by atoms with Gasteiger partial charge in [-0.05, 0) is 30.7 Å². The Morgan fingerprint density at radius 3 is 2.53 bits per heavy atom. The van der Waals surface area contributed by atoms with Crippen molar-refractivity contribution in [3.63, 3.8) is 0 Å². The lowest BCUT2D eigenvalue weighted by Crippen LogP contribution is -2.57. The summed E-state index contributed by atoms with van der Waals surface area (Å²) in [6.07, 6.45) is 3.81. The van der Waals surface area contributed by atoms with E-state index < -0.39 is 0 Å². The molecule has 1 rings (SSSR count). The van der Waals surface area contributed by atoms with Crippen LogP contribution in [-0.2, 0) is 0 Å². The van der Waals surface area contributed by atoms with Crippen LogP contribution in [0.1, 0.15) is 47.0 Å². The zero-order valence-electron chi connectivity index (χ0n) is 11.9. The van der Waals surface area contributed by atoms with Gasteiger partial charge in [0.1, 0.15) is 0 Å². The Balaban J connectivity index is 2.66. The molecule has 0 aromatic carbocycles. The van der Waals surface area contributed by atoms with Crippen LogP contribution in [0.15, 0.2) is 0 Å². The predicted molar refractivity (Wildman–Crippen MR) is 72.9 cm³/mol. The second-order valence-electron chi connectivity index (χ2n) is 6.55. The second-order valence-corrected chi connectivity index (χ2v) is 6.55. The van der Waals surface area contributed by atoms with E-state index in [-0.39, 0.29) is 24.1 Å². The van der Waals surface area contributed by atoms with Crippen molar-refractivity contribution in [1.29, 1.82) is 0 Å². The Bertz CT molecular complexity index is 225. The van der Waals surface area contributed by atoms with Crippen LogP contribution in [0.2, 0.25) is 0 Å². The zero-order chi connectivity index (χ0) is 13.1. The number of aliphatic hydroxyl groups is 1. The van der Waals surface area contributed by atoms with E-state index in [9.17, 15) is 5.11 Å². The summed E-state index contributed by atoms with van der Waals surface area (Å²) in [4.78, 5) is 2.41. The SMILES string of the molecule is CCC1CCCN(C(CO)C(N)C(C)(C)C)C1. The monoisotopic (exact) mass is 242 g/mol. The first-order valence-corrected chi connectivity index (χ1v) is 7.00. The van der Waals surface area contributed by atoms with Crippen LogP contribution in [0.4, 0.5) is 0 Å². The largest absolute Gasteiger partial charge is 0.395 e. The van der Waals surface area contributed by atoms with Gasteiger partial charge in [-0.25, -0.2) is 0 Å². The Morgan fingerprint density at radius 2 is 2.06 bits per heavy atom. The Kier molecular flexibility index (Phi) is 5.42. The summed E-state index contributed by atoms with van der Waals surface area (Å²) in [5.41, 5.74) is 6.37. The van der Waals surface area contributed by atoms with Crippen molar-refractivity contribution in [3.8, 4) is 0 Å². The average molecular weight is 242 g/mol. The average Bonchev–Trinajstić information content (AvgIpc) is 2.29. The molecule has 3 N–H and O–H groups in total. The molecule has 0 saturated carbocycles. The molecule has 1 heterocycles. The maximum absolute atomic E-state index is 9.65. The number of hydrogen-bond donors (Lipinski definition) is 2. The molecule has 0 aromatic heterocycles. The van der Waals surface area contributed by atoms with Gasteiger partial charge in [0.15, 0.2) is 0 Å². The van der Waals surface area contributed by atoms with Gasteiger partial charge < -0.3 is 10.8 Å². The summed E-state index contributed by atoms with van der Waals surface area (Å²) in [6, 6.07) is 0.146. The molecule has 102 valence electrons. The van der Waals surface area contributed by atoms with Gasteiger partial charge in [-0.3, -0.25) is 4.90 Å². The highest BCUT2D eigenvalue weighted by Crippen LogP contribution is 2.27. The third-order valence-corrected chi connectivity index (χ3v) is 4.20. The molecule has 1 fully saturated rings. The molecule has 0 bridgehead atoms. The van der Waals surface area contributed by atoms with Crippen LogP contribution in [-0.4, -0.2) is 41.8 Å². The van der Waals surface area contributed by atoms with Gasteiger partial charge in [0.05, 0.1) is 6.61 Å². The third-order valence-electron chi connectivity index (χ3n) is 4.20. The molecule has 1 aliphatic rings. The van der Waals surface area contributed by atoms with Crippen LogP contribution in [0, 0.1) is 11.3 Å². The molecule has 3 nitrogen and oxygen atoms in total. The summed E-state index contributed by atoms with van der Waals surface area (Å²) < 4.78 is 0. The van der Waals surface area contributed by atoms with E-state index in [0.717, 1.165) is 19.0 Å². The van der Waals surface area contributed by atoms with Crippen LogP contribution in [0.25, 0.3) is 0 Å². The van der Waals surface area contributed by atoms with Crippen LogP contribution < -0.4 is 5.73 Å². The number of nitrogens with zero attached hydrogens (tertiary/aromatic N) is 1. The Morgan fingerprint density at radius 1 is 1.41 bits per heavy atom. The van der Waals surface area contributed by atoms with Crippen LogP contribution >= 0.6 is 0 Å². The fraction of sp³-hybridized carbons (Fsp3) is 1.00. The minimum absolute atomic E-state index is 0.0307. The van der Waals surface area contributed by atoms with Crippen LogP contribution in [0.3, 0.4) is 0 Å². The fourth-order valence-corrected chi connectivity index (χ4v) is 2.77. The van der Waals surface area contributed by atoms with Gasteiger partial charge in [0, 0.05) is 18.6 Å². The lowest BCUT2D eigenvalue weighted by molar-refractivity contribution is 0.0401. The van der Waals surface area contributed by atoms with Crippen molar-refractivity contribution in [2.24, 2.45) is 17.1 Å². The quantitative estimate of drug-likeness (QED) is 0.791. The minimum Gasteiger partial charge on any atom is -0.395 e. The highest BCUT2D eigenvalue weighted by atomic mass is 16.3. The molecule has 0 aromatic rings. The summed E-state index contributed by atoms with van der Waals surface area (Å²) in [6.45, 7) is 11.1. The smallest absolute Gasteiger partial charge is 0.0602 e. The number of nitrogens with two attached hydrogens (primary N) is 1. The number of rotatable bonds is 4. The van der Waals surface area contributed by atoms with Gasteiger partial charge in [0.25, 0.3) is 0 Å². The van der Waals surface area contributed by atoms with Crippen molar-refractivity contribution in [3.05, 3.63) is 0 Å². The first-order chi connectivity index (χ1) is 7.90. The topological polar surface area (TPSA) is 49.5 Å². The number of hydrogen-bond acceptors (Lipinski definition) is 3. The van der Waals surface area contributed by atoms with Gasteiger partial charge in [-0.15, -0.1) is 0 Å². The first kappa shape index (κ1) is 14.9. The van der Waals surface area contributed by atoms with E-state index in [1.54, 1.807) is 0 Å². The van der Waals surface area contributed by atoms with Crippen molar-refractivity contribution in [2.75, 3.05) is 19.7 Å². The van der Waals surface area contributed by atoms with E-state index in [1.165, 1.54) is 19.3 Å². The number of aliphatic hydroxyl groups excluding tert-OH is 1. The number of likely N-dealkylation sites (tertiary alicyclic amines) is 1. The maximum Gasteiger partial charge on any atom is 0.0602 e. The molecule has 3 heteroatoms. The van der Waals surface area contributed by atoms with Gasteiger partial charge in [-0.1, -0.05) is 34.1 Å². The number of piperidine rings is 1. The molecular weight excluding hydrogens is 212 g/mol. The van der Waals surface area contributed by atoms with Crippen molar-refractivity contribution < 1.29 is 5.11 Å². The highest BCUT2D eigenvalue weighted by molar-refractivity contribution is 4.91. The van der Waals surface area contributed by atoms with Gasteiger partial charge in [0.2, 0.25) is 0 Å². The highest BCUT2D eigenvalue weighted by Gasteiger charge is 2.34. The molecule has 17 heavy (non-hydrogen) atoms. The Labute approximate surface area is 106 Å². The summed E-state index contributed by atoms with van der Waals surface area (Å²) in [7, 11) is 0. The lowest BCUT2D eigenvalue weighted by Gasteiger charge is -2.43. The molecule has 0 radical (unpaired) electrons. The molecule has 0 spiro atoms. The first-order valence-electron chi connectivity index (χ1n) is 7.00. The van der Waals surface area contributed by atoms with Crippen molar-refractivity contribution in [2.45, 2.75) is 59.0 Å². The summed E-state index contributed by atoms with van der Waals surface area (Å²) in [5, 5.41) is 9.65. The van der Waals surface area contributed by atoms with E-state index in [2.05, 4.69) is 32.6 Å². The van der Waals surface area contributed by atoms with E-state index >= 15 is 0 Å². The van der Waals surface area contributed by atoms with E-state index in [4.69, 9.17) is 5.73 Å². The van der Waals surface area contributed by atoms with Gasteiger partial charge in [-0.2, -0.15) is 0 Å².